The molecule has 0 aromatic rings. The lowest BCUT2D eigenvalue weighted by Gasteiger charge is -2.35. The third kappa shape index (κ3) is 2.65. The molecule has 5 heteroatoms. The van der Waals surface area contributed by atoms with Crippen LogP contribution in [-0.4, -0.2) is 25.3 Å². The average Bonchev–Trinajstić information content (AvgIpc) is 2.03. The summed E-state index contributed by atoms with van der Waals surface area (Å²) in [4.78, 5) is 0. The number of hydrogen-bond donors (Lipinski definition) is 1. The van der Waals surface area contributed by atoms with Crippen LogP contribution in [0.4, 0.5) is 0 Å². The summed E-state index contributed by atoms with van der Waals surface area (Å²) in [5, 5.41) is 5.12. The first-order valence-electron chi connectivity index (χ1n) is 4.74. The van der Waals surface area contributed by atoms with Crippen LogP contribution < -0.4 is 5.14 Å². The van der Waals surface area contributed by atoms with Gasteiger partial charge in [-0.25, -0.2) is 5.14 Å². The first-order chi connectivity index (χ1) is 5.95. The minimum absolute atomic E-state index is 0.0674. The highest BCUT2D eigenvalue weighted by atomic mass is 32.2. The summed E-state index contributed by atoms with van der Waals surface area (Å²) < 4.78 is 23.7. The third-order valence-electron chi connectivity index (χ3n) is 2.83. The molecule has 0 aliphatic carbocycles. The topological polar surface area (TPSA) is 63.4 Å². The summed E-state index contributed by atoms with van der Waals surface area (Å²) in [7, 11) is -3.48. The molecule has 2 N–H and O–H groups in total. The van der Waals surface area contributed by atoms with Crippen LogP contribution in [0.25, 0.3) is 0 Å². The second-order valence-corrected chi connectivity index (χ2v) is 5.31. The van der Waals surface area contributed by atoms with E-state index in [1.54, 1.807) is 0 Å². The van der Waals surface area contributed by atoms with E-state index in [2.05, 4.69) is 6.92 Å². The number of piperidine rings is 1. The number of hydrogen-bond acceptors (Lipinski definition) is 2. The molecule has 0 radical (unpaired) electrons. The van der Waals surface area contributed by atoms with Crippen LogP contribution in [0.3, 0.4) is 0 Å². The van der Waals surface area contributed by atoms with E-state index in [0.29, 0.717) is 12.5 Å². The molecule has 1 aliphatic heterocycles. The Kier molecular flexibility index (Phi) is 3.32. The molecule has 1 fully saturated rings. The highest BCUT2D eigenvalue weighted by Gasteiger charge is 2.30. The zero-order valence-electron chi connectivity index (χ0n) is 8.23. The smallest absolute Gasteiger partial charge is 0.216 e. The maximum Gasteiger partial charge on any atom is 0.277 e. The second-order valence-electron chi connectivity index (χ2n) is 3.82. The van der Waals surface area contributed by atoms with Crippen LogP contribution in [0, 0.1) is 5.92 Å². The van der Waals surface area contributed by atoms with E-state index in [0.717, 1.165) is 19.3 Å². The molecule has 0 aromatic heterocycles. The average molecular weight is 206 g/mol. The summed E-state index contributed by atoms with van der Waals surface area (Å²) >= 11 is 0. The van der Waals surface area contributed by atoms with Gasteiger partial charge in [0, 0.05) is 12.6 Å². The molecule has 13 heavy (non-hydrogen) atoms. The van der Waals surface area contributed by atoms with E-state index >= 15 is 0 Å². The molecule has 0 saturated carbocycles. The van der Waals surface area contributed by atoms with Gasteiger partial charge in [0.2, 0.25) is 0 Å². The van der Waals surface area contributed by atoms with Gasteiger partial charge in [0.1, 0.15) is 0 Å². The Morgan fingerprint density at radius 3 is 2.54 bits per heavy atom. The Hall–Kier alpha value is -0.130. The second kappa shape index (κ2) is 3.94. The van der Waals surface area contributed by atoms with Crippen LogP contribution in [0.5, 0.6) is 0 Å². The van der Waals surface area contributed by atoms with E-state index in [1.165, 1.54) is 4.31 Å². The number of nitrogens with zero attached hydrogens (tertiary/aromatic N) is 1. The van der Waals surface area contributed by atoms with E-state index in [9.17, 15) is 8.42 Å². The van der Waals surface area contributed by atoms with Gasteiger partial charge < -0.3 is 0 Å². The van der Waals surface area contributed by atoms with Crippen LogP contribution in [-0.2, 0) is 10.2 Å². The fourth-order valence-electron chi connectivity index (χ4n) is 1.83. The molecule has 1 saturated heterocycles. The molecular weight excluding hydrogens is 188 g/mol. The van der Waals surface area contributed by atoms with Crippen molar-refractivity contribution in [1.29, 1.82) is 0 Å². The summed E-state index contributed by atoms with van der Waals surface area (Å²) in [5.74, 6) is 0.481. The maximum absolute atomic E-state index is 11.2. The Balaban J connectivity index is 2.71. The van der Waals surface area contributed by atoms with Gasteiger partial charge in [-0.1, -0.05) is 13.3 Å². The Morgan fingerprint density at radius 1 is 1.46 bits per heavy atom. The molecule has 1 heterocycles. The largest absolute Gasteiger partial charge is 0.277 e. The molecule has 0 bridgehead atoms. The molecule has 1 aliphatic rings. The van der Waals surface area contributed by atoms with Crippen molar-refractivity contribution >= 4 is 10.2 Å². The van der Waals surface area contributed by atoms with Crippen LogP contribution in [0.2, 0.25) is 0 Å². The highest BCUT2D eigenvalue weighted by Crippen LogP contribution is 2.24. The van der Waals surface area contributed by atoms with Crippen molar-refractivity contribution in [2.75, 3.05) is 6.54 Å². The monoisotopic (exact) mass is 206 g/mol. The molecule has 2 atom stereocenters. The fourth-order valence-corrected chi connectivity index (χ4v) is 2.86. The van der Waals surface area contributed by atoms with E-state index < -0.39 is 10.2 Å². The Labute approximate surface area is 80.3 Å². The molecule has 0 spiro atoms. The highest BCUT2D eigenvalue weighted by molar-refractivity contribution is 7.86. The molecule has 0 unspecified atom stereocenters. The van der Waals surface area contributed by atoms with Crippen molar-refractivity contribution in [1.82, 2.24) is 4.31 Å². The van der Waals surface area contributed by atoms with Crippen molar-refractivity contribution in [3.05, 3.63) is 0 Å². The molecule has 78 valence electrons. The lowest BCUT2D eigenvalue weighted by Crippen LogP contribution is -2.48. The number of rotatable bonds is 2. The maximum atomic E-state index is 11.2. The van der Waals surface area contributed by atoms with Crippen LogP contribution in [0.15, 0.2) is 0 Å². The summed E-state index contributed by atoms with van der Waals surface area (Å²) in [5.41, 5.74) is 0. The van der Waals surface area contributed by atoms with E-state index in [4.69, 9.17) is 5.14 Å². The van der Waals surface area contributed by atoms with Crippen LogP contribution in [0.1, 0.15) is 33.1 Å². The molecular formula is C8H18N2O2S. The summed E-state index contributed by atoms with van der Waals surface area (Å²) in [6.07, 6.45) is 3.07. The summed E-state index contributed by atoms with van der Waals surface area (Å²) in [6.45, 7) is 4.59. The predicted molar refractivity (Wildman–Crippen MR) is 52.3 cm³/mol. The quantitative estimate of drug-likeness (QED) is 0.723. The lowest BCUT2D eigenvalue weighted by atomic mass is 9.93. The Bertz CT molecular complexity index is 263. The van der Waals surface area contributed by atoms with Crippen molar-refractivity contribution in [2.45, 2.75) is 39.2 Å². The zero-order valence-corrected chi connectivity index (χ0v) is 9.05. The van der Waals surface area contributed by atoms with Gasteiger partial charge in [-0.05, 0) is 25.7 Å². The van der Waals surface area contributed by atoms with Crippen molar-refractivity contribution in [3.63, 3.8) is 0 Å². The minimum Gasteiger partial charge on any atom is -0.216 e. The van der Waals surface area contributed by atoms with Gasteiger partial charge in [-0.3, -0.25) is 0 Å². The van der Waals surface area contributed by atoms with E-state index in [1.807, 2.05) is 6.92 Å². The standard InChI is InChI=1S/C8H18N2O2S/c1-3-8-5-4-7(2)10(6-8)13(9,11)12/h7-8H,3-6H2,1-2H3,(H2,9,11,12)/t7-,8+/m0/s1. The summed E-state index contributed by atoms with van der Waals surface area (Å²) in [6, 6.07) is 0.0674. The molecule has 0 amide bonds. The van der Waals surface area contributed by atoms with Crippen molar-refractivity contribution in [3.8, 4) is 0 Å². The Morgan fingerprint density at radius 2 is 2.08 bits per heavy atom. The third-order valence-corrected chi connectivity index (χ3v) is 3.99. The fraction of sp³-hybridized carbons (Fsp3) is 1.00. The zero-order chi connectivity index (χ0) is 10.1. The van der Waals surface area contributed by atoms with Gasteiger partial charge in [0.15, 0.2) is 0 Å². The number of nitrogens with two attached hydrogens (primary N) is 1. The lowest BCUT2D eigenvalue weighted by molar-refractivity contribution is 0.204. The first-order valence-corrected chi connectivity index (χ1v) is 6.25. The minimum atomic E-state index is -3.48. The van der Waals surface area contributed by atoms with Crippen LogP contribution >= 0.6 is 0 Å². The van der Waals surface area contributed by atoms with Gasteiger partial charge in [0.25, 0.3) is 10.2 Å². The predicted octanol–water partition coefficient (Wildman–Crippen LogP) is 0.700. The van der Waals surface area contributed by atoms with E-state index in [-0.39, 0.29) is 6.04 Å². The molecule has 1 rings (SSSR count). The molecule has 0 aromatic carbocycles. The molecule has 4 nitrogen and oxygen atoms in total. The van der Waals surface area contributed by atoms with Crippen molar-refractivity contribution in [2.24, 2.45) is 11.1 Å². The van der Waals surface area contributed by atoms with Gasteiger partial charge in [-0.2, -0.15) is 12.7 Å². The van der Waals surface area contributed by atoms with Gasteiger partial charge >= 0.3 is 0 Å². The normalized spacial score (nSPS) is 31.9. The van der Waals surface area contributed by atoms with Gasteiger partial charge in [-0.15, -0.1) is 0 Å². The SMILES string of the molecule is CC[C@@H]1CC[C@H](C)N(S(N)(=O)=O)C1. The van der Waals surface area contributed by atoms with Gasteiger partial charge in [0.05, 0.1) is 0 Å². The van der Waals surface area contributed by atoms with Crippen molar-refractivity contribution < 1.29 is 8.42 Å². The first kappa shape index (κ1) is 10.9.